The quantitative estimate of drug-likeness (QED) is 0.0261. The van der Waals surface area contributed by atoms with Crippen LogP contribution < -0.4 is 0 Å². The number of carbonyl (C=O) groups excluding carboxylic acids is 3. The Labute approximate surface area is 508 Å². The van der Waals surface area contributed by atoms with Crippen molar-refractivity contribution < 1.29 is 28.6 Å². The molecule has 1 unspecified atom stereocenters. The van der Waals surface area contributed by atoms with Gasteiger partial charge in [0.05, 0.1) is 0 Å². The first-order valence-corrected chi connectivity index (χ1v) is 34.9. The van der Waals surface area contributed by atoms with Crippen molar-refractivity contribution in [3.05, 3.63) is 109 Å². The zero-order chi connectivity index (χ0) is 59.2. The molecule has 470 valence electrons. The van der Waals surface area contributed by atoms with Crippen LogP contribution in [0.5, 0.6) is 0 Å². The number of ether oxygens (including phenoxy) is 3. The minimum atomic E-state index is -0.786. The van der Waals surface area contributed by atoms with Crippen LogP contribution in [0, 0.1) is 0 Å². The summed E-state index contributed by atoms with van der Waals surface area (Å²) in [6, 6.07) is 0. The summed E-state index contributed by atoms with van der Waals surface area (Å²) in [4.78, 5) is 38.4. The fourth-order valence-corrected chi connectivity index (χ4v) is 9.81. The van der Waals surface area contributed by atoms with Crippen LogP contribution in [0.1, 0.15) is 335 Å². The number of unbranched alkanes of at least 4 members (excludes halogenated alkanes) is 34. The van der Waals surface area contributed by atoms with Gasteiger partial charge in [0, 0.05) is 19.3 Å². The van der Waals surface area contributed by atoms with E-state index >= 15 is 0 Å². The second-order valence-electron chi connectivity index (χ2n) is 23.1. The molecule has 0 N–H and O–H groups in total. The molecular weight excluding hydrogens is 1010 g/mol. The van der Waals surface area contributed by atoms with E-state index in [1.165, 1.54) is 173 Å². The fraction of sp³-hybridized carbons (Fsp3) is 0.724. The highest BCUT2D eigenvalue weighted by Crippen LogP contribution is 2.17. The molecule has 1 atom stereocenters. The second-order valence-corrected chi connectivity index (χ2v) is 23.1. The predicted molar refractivity (Wildman–Crippen MR) is 357 cm³/mol. The summed E-state index contributed by atoms with van der Waals surface area (Å²) in [6.07, 6.45) is 95.3. The Morgan fingerprint density at radius 1 is 0.256 bits per heavy atom. The van der Waals surface area contributed by atoms with E-state index in [-0.39, 0.29) is 31.1 Å². The summed E-state index contributed by atoms with van der Waals surface area (Å²) in [6.45, 7) is 6.54. The van der Waals surface area contributed by atoms with Gasteiger partial charge in [-0.1, -0.05) is 316 Å². The molecule has 0 aliphatic rings. The van der Waals surface area contributed by atoms with Crippen molar-refractivity contribution in [2.24, 2.45) is 0 Å². The Balaban J connectivity index is 4.31. The summed E-state index contributed by atoms with van der Waals surface area (Å²) in [7, 11) is 0. The van der Waals surface area contributed by atoms with Gasteiger partial charge < -0.3 is 14.2 Å². The van der Waals surface area contributed by atoms with Crippen molar-refractivity contribution in [3.63, 3.8) is 0 Å². The summed E-state index contributed by atoms with van der Waals surface area (Å²) in [5.41, 5.74) is 0. The van der Waals surface area contributed by atoms with Crippen LogP contribution in [0.2, 0.25) is 0 Å². The number of carbonyl (C=O) groups is 3. The highest BCUT2D eigenvalue weighted by atomic mass is 16.6. The molecule has 82 heavy (non-hydrogen) atoms. The first-order valence-electron chi connectivity index (χ1n) is 34.9. The third-order valence-electron chi connectivity index (χ3n) is 15.0. The van der Waals surface area contributed by atoms with Crippen LogP contribution in [0.15, 0.2) is 109 Å². The number of allylic oxidation sites excluding steroid dienone is 18. The van der Waals surface area contributed by atoms with Crippen LogP contribution in [0.25, 0.3) is 0 Å². The number of hydrogen-bond acceptors (Lipinski definition) is 6. The van der Waals surface area contributed by atoms with E-state index in [1.54, 1.807) is 0 Å². The largest absolute Gasteiger partial charge is 0.462 e. The molecule has 0 fully saturated rings. The maximum Gasteiger partial charge on any atom is 0.306 e. The fourth-order valence-electron chi connectivity index (χ4n) is 9.81. The normalized spacial score (nSPS) is 12.8. The zero-order valence-electron chi connectivity index (χ0n) is 54.0. The van der Waals surface area contributed by atoms with Crippen LogP contribution in [0.3, 0.4) is 0 Å². The van der Waals surface area contributed by atoms with E-state index in [1.807, 2.05) is 0 Å². The lowest BCUT2D eigenvalue weighted by atomic mass is 10.0. The molecule has 0 rings (SSSR count). The zero-order valence-corrected chi connectivity index (χ0v) is 54.0. The van der Waals surface area contributed by atoms with E-state index in [2.05, 4.69) is 130 Å². The maximum atomic E-state index is 12.9. The van der Waals surface area contributed by atoms with E-state index < -0.39 is 6.10 Å². The second kappa shape index (κ2) is 69.6. The highest BCUT2D eigenvalue weighted by Gasteiger charge is 2.19. The van der Waals surface area contributed by atoms with Gasteiger partial charge in [0.1, 0.15) is 13.2 Å². The van der Waals surface area contributed by atoms with Gasteiger partial charge in [-0.15, -0.1) is 0 Å². The van der Waals surface area contributed by atoms with E-state index in [0.29, 0.717) is 19.3 Å². The molecule has 0 aromatic heterocycles. The number of rotatable bonds is 63. The van der Waals surface area contributed by atoms with Crippen molar-refractivity contribution in [1.82, 2.24) is 0 Å². The molecule has 0 aliphatic heterocycles. The van der Waals surface area contributed by atoms with Gasteiger partial charge in [0.15, 0.2) is 6.10 Å². The summed E-state index contributed by atoms with van der Waals surface area (Å²) < 4.78 is 17.0. The summed E-state index contributed by atoms with van der Waals surface area (Å²) in [5, 5.41) is 0. The first-order chi connectivity index (χ1) is 40.5. The van der Waals surface area contributed by atoms with Gasteiger partial charge in [-0.2, -0.15) is 0 Å². The molecule has 0 heterocycles. The Hall–Kier alpha value is -3.93. The van der Waals surface area contributed by atoms with Crippen LogP contribution in [-0.4, -0.2) is 37.2 Å². The van der Waals surface area contributed by atoms with Gasteiger partial charge >= 0.3 is 17.9 Å². The predicted octanol–water partition coefficient (Wildman–Crippen LogP) is 24.2. The Morgan fingerprint density at radius 2 is 0.476 bits per heavy atom. The van der Waals surface area contributed by atoms with E-state index in [0.717, 1.165) is 122 Å². The number of hydrogen-bond donors (Lipinski definition) is 0. The van der Waals surface area contributed by atoms with Crippen molar-refractivity contribution in [3.8, 4) is 0 Å². The monoisotopic (exact) mass is 1140 g/mol. The molecule has 0 spiro atoms. The number of esters is 3. The molecule has 0 bridgehead atoms. The first kappa shape index (κ1) is 78.1. The molecule has 6 heteroatoms. The molecule has 6 nitrogen and oxygen atoms in total. The van der Waals surface area contributed by atoms with Gasteiger partial charge in [0.2, 0.25) is 0 Å². The van der Waals surface area contributed by atoms with E-state index in [4.69, 9.17) is 14.2 Å². The van der Waals surface area contributed by atoms with Crippen molar-refractivity contribution >= 4 is 17.9 Å². The van der Waals surface area contributed by atoms with Crippen molar-refractivity contribution in [2.75, 3.05) is 13.2 Å². The van der Waals surface area contributed by atoms with Crippen LogP contribution in [-0.2, 0) is 28.6 Å². The summed E-state index contributed by atoms with van der Waals surface area (Å²) >= 11 is 0. The molecule has 0 aromatic rings. The Morgan fingerprint density at radius 3 is 0.756 bits per heavy atom. The van der Waals surface area contributed by atoms with Crippen molar-refractivity contribution in [2.45, 2.75) is 341 Å². The average molecular weight is 1140 g/mol. The van der Waals surface area contributed by atoms with Crippen LogP contribution in [0.4, 0.5) is 0 Å². The SMILES string of the molecule is CC/C=C\C/C=C\C/C=C\C/C=C\C/C=C\C/C=C\C/C=C\CCCCCCCCCCCC(=O)OCC(COC(=O)CCCCCCCCCCCCCCCCC)OC(=O)CCCCCCCCC/C=C\C/C=C\CCCCCC. The minimum Gasteiger partial charge on any atom is -0.462 e. The summed E-state index contributed by atoms with van der Waals surface area (Å²) in [5.74, 6) is -0.880. The molecule has 0 saturated heterocycles. The molecule has 0 radical (unpaired) electrons. The lowest BCUT2D eigenvalue weighted by Gasteiger charge is -2.18. The maximum absolute atomic E-state index is 12.9. The van der Waals surface area contributed by atoms with Gasteiger partial charge in [0.25, 0.3) is 0 Å². The molecule has 0 aromatic carbocycles. The van der Waals surface area contributed by atoms with Crippen LogP contribution >= 0.6 is 0 Å². The third kappa shape index (κ3) is 66.9. The topological polar surface area (TPSA) is 78.9 Å². The lowest BCUT2D eigenvalue weighted by Crippen LogP contribution is -2.30. The molecule has 0 aliphatic carbocycles. The Kier molecular flexibility index (Phi) is 66.2. The van der Waals surface area contributed by atoms with E-state index in [9.17, 15) is 14.4 Å². The minimum absolute atomic E-state index is 0.0800. The molecule has 0 saturated carbocycles. The molecular formula is C76H130O6. The van der Waals surface area contributed by atoms with Gasteiger partial charge in [-0.3, -0.25) is 14.4 Å². The van der Waals surface area contributed by atoms with Gasteiger partial charge in [-0.05, 0) is 109 Å². The highest BCUT2D eigenvalue weighted by molar-refractivity contribution is 5.71. The van der Waals surface area contributed by atoms with Gasteiger partial charge in [-0.25, -0.2) is 0 Å². The molecule has 0 amide bonds. The Bertz CT molecular complexity index is 1640. The third-order valence-corrected chi connectivity index (χ3v) is 15.0. The van der Waals surface area contributed by atoms with Crippen molar-refractivity contribution in [1.29, 1.82) is 0 Å². The average Bonchev–Trinajstić information content (AvgIpc) is 3.47. The standard InChI is InChI=1S/C76H130O6/c1-4-7-10-13-16-19-22-25-28-30-32-33-34-35-36-37-38-39-40-41-42-43-44-46-48-51-54-57-60-63-66-69-75(78)81-72-73(71-80-74(77)68-65-62-59-56-53-50-47-27-24-21-18-15-12-9-6-3)82-76(79)70-67-64-61-58-55-52-49-45-31-29-26-23-20-17-14-11-8-5-2/h7,10,16,19-20,23,25,28-29,31-33,35-36,38-39,41-42,73H,4-6,8-9,11-15,17-18,21-22,24,26-27,30,34,37,40,43-72H2,1-3H3/b10-7-,19-16-,23-20-,28-25-,31-29-,33-32-,36-35-,39-38-,42-41-. The smallest absolute Gasteiger partial charge is 0.306 e. The lowest BCUT2D eigenvalue weighted by molar-refractivity contribution is -0.167.